The molecule has 0 atom stereocenters. The summed E-state index contributed by atoms with van der Waals surface area (Å²) in [5.74, 6) is -1.52. The summed E-state index contributed by atoms with van der Waals surface area (Å²) >= 11 is 0. The molecule has 0 fully saturated rings. The zero-order valence-electron chi connectivity index (χ0n) is 12.7. The van der Waals surface area contributed by atoms with Gasteiger partial charge in [0.15, 0.2) is 5.79 Å². The Morgan fingerprint density at radius 3 is 2.23 bits per heavy atom. The lowest BCUT2D eigenvalue weighted by Gasteiger charge is -2.28. The number of hydrogen-bond acceptors (Lipinski definition) is 5. The topological polar surface area (TPSA) is 65.0 Å². The molecule has 5 nitrogen and oxygen atoms in total. The van der Waals surface area contributed by atoms with Crippen LogP contribution in [0.25, 0.3) is 0 Å². The van der Waals surface area contributed by atoms with E-state index in [1.165, 1.54) is 26.4 Å². The van der Waals surface area contributed by atoms with Crippen LogP contribution in [0.15, 0.2) is 48.5 Å². The van der Waals surface area contributed by atoms with Crippen molar-refractivity contribution < 1.29 is 24.1 Å². The summed E-state index contributed by atoms with van der Waals surface area (Å²) in [5, 5.41) is 9.73. The first kappa shape index (κ1) is 16.0. The van der Waals surface area contributed by atoms with E-state index in [4.69, 9.17) is 14.2 Å². The number of phenolic OH excluding ortho intramolecular Hbond substituents is 1. The zero-order valence-corrected chi connectivity index (χ0v) is 12.7. The van der Waals surface area contributed by atoms with Crippen molar-refractivity contribution >= 4 is 5.97 Å². The fraction of sp³-hybridized carbons (Fsp3) is 0.235. The van der Waals surface area contributed by atoms with E-state index in [1.54, 1.807) is 43.3 Å². The predicted molar refractivity (Wildman–Crippen MR) is 80.9 cm³/mol. The van der Waals surface area contributed by atoms with E-state index in [9.17, 15) is 9.90 Å². The number of benzene rings is 2. The van der Waals surface area contributed by atoms with Crippen LogP contribution in [0.2, 0.25) is 0 Å². The van der Waals surface area contributed by atoms with E-state index in [2.05, 4.69) is 0 Å². The molecule has 0 saturated heterocycles. The van der Waals surface area contributed by atoms with Crippen LogP contribution in [0.1, 0.15) is 22.8 Å². The van der Waals surface area contributed by atoms with E-state index in [1.807, 2.05) is 0 Å². The Bertz CT molecular complexity index is 662. The molecule has 5 heteroatoms. The lowest BCUT2D eigenvalue weighted by Crippen LogP contribution is -2.27. The normalized spacial score (nSPS) is 11.2. The molecule has 0 saturated carbocycles. The number of carbonyl (C=O) groups excluding carboxylic acids is 1. The highest BCUT2D eigenvalue weighted by Gasteiger charge is 2.30. The van der Waals surface area contributed by atoms with Crippen molar-refractivity contribution in [1.82, 2.24) is 0 Å². The molecule has 2 rings (SSSR count). The molecule has 116 valence electrons. The molecule has 22 heavy (non-hydrogen) atoms. The third kappa shape index (κ3) is 3.10. The summed E-state index contributed by atoms with van der Waals surface area (Å²) in [6, 6.07) is 13.1. The summed E-state index contributed by atoms with van der Waals surface area (Å²) in [4.78, 5) is 12.2. The third-order valence-electron chi connectivity index (χ3n) is 3.48. The number of phenols is 1. The van der Waals surface area contributed by atoms with Gasteiger partial charge in [-0.2, -0.15) is 0 Å². The van der Waals surface area contributed by atoms with Gasteiger partial charge in [-0.3, -0.25) is 0 Å². The zero-order chi connectivity index (χ0) is 16.2. The largest absolute Gasteiger partial charge is 0.507 e. The van der Waals surface area contributed by atoms with Gasteiger partial charge in [-0.15, -0.1) is 0 Å². The molecule has 0 aliphatic carbocycles. The first-order valence-electron chi connectivity index (χ1n) is 6.72. The first-order chi connectivity index (χ1) is 10.5. The molecule has 0 radical (unpaired) electrons. The molecule has 0 aliphatic heterocycles. The second-order valence-corrected chi connectivity index (χ2v) is 4.76. The minimum Gasteiger partial charge on any atom is -0.507 e. The number of ether oxygens (including phenoxy) is 3. The third-order valence-corrected chi connectivity index (χ3v) is 3.48. The van der Waals surface area contributed by atoms with Gasteiger partial charge in [-0.1, -0.05) is 24.3 Å². The van der Waals surface area contributed by atoms with Crippen molar-refractivity contribution in [3.63, 3.8) is 0 Å². The fourth-order valence-corrected chi connectivity index (χ4v) is 2.04. The maximum atomic E-state index is 12.2. The average molecular weight is 302 g/mol. The number of carbonyl (C=O) groups is 1. The van der Waals surface area contributed by atoms with Crippen LogP contribution in [0, 0.1) is 0 Å². The van der Waals surface area contributed by atoms with Crippen LogP contribution in [0.5, 0.6) is 11.5 Å². The molecule has 0 aromatic heterocycles. The second kappa shape index (κ2) is 6.60. The van der Waals surface area contributed by atoms with Gasteiger partial charge in [0.05, 0.1) is 5.56 Å². The first-order valence-corrected chi connectivity index (χ1v) is 6.72. The molecule has 2 aromatic carbocycles. The summed E-state index contributed by atoms with van der Waals surface area (Å²) in [6.07, 6.45) is 0. The highest BCUT2D eigenvalue weighted by atomic mass is 16.7. The van der Waals surface area contributed by atoms with Crippen LogP contribution in [0.3, 0.4) is 0 Å². The quantitative estimate of drug-likeness (QED) is 0.522. The summed E-state index contributed by atoms with van der Waals surface area (Å²) in [7, 11) is 3.01. The van der Waals surface area contributed by atoms with Crippen molar-refractivity contribution in [3.8, 4) is 11.5 Å². The van der Waals surface area contributed by atoms with Gasteiger partial charge in [0.2, 0.25) is 0 Å². The van der Waals surface area contributed by atoms with Crippen molar-refractivity contribution in [2.24, 2.45) is 0 Å². The van der Waals surface area contributed by atoms with Crippen LogP contribution in [-0.4, -0.2) is 25.3 Å². The smallest absolute Gasteiger partial charge is 0.347 e. The Balaban J connectivity index is 2.35. The lowest BCUT2D eigenvalue weighted by atomic mass is 10.1. The standard InChI is InChI=1S/C17H18O5/c1-17(20-2,21-3)13-9-5-7-11-15(13)22-16(19)12-8-4-6-10-14(12)18/h4-11,18H,1-3H3. The van der Waals surface area contributed by atoms with E-state index in [0.717, 1.165) is 0 Å². The van der Waals surface area contributed by atoms with Gasteiger partial charge < -0.3 is 19.3 Å². The molecule has 0 amide bonds. The highest BCUT2D eigenvalue weighted by Crippen LogP contribution is 2.33. The number of aromatic hydroxyl groups is 1. The van der Waals surface area contributed by atoms with Gasteiger partial charge >= 0.3 is 5.97 Å². The number of esters is 1. The number of hydrogen-bond donors (Lipinski definition) is 1. The Kier molecular flexibility index (Phi) is 4.80. The van der Waals surface area contributed by atoms with E-state index in [0.29, 0.717) is 11.3 Å². The van der Waals surface area contributed by atoms with Gasteiger partial charge in [0, 0.05) is 14.2 Å². The Morgan fingerprint density at radius 2 is 1.59 bits per heavy atom. The number of para-hydroxylation sites is 2. The molecule has 0 unspecified atom stereocenters. The van der Waals surface area contributed by atoms with Crippen molar-refractivity contribution in [3.05, 3.63) is 59.7 Å². The fourth-order valence-electron chi connectivity index (χ4n) is 2.04. The molecule has 0 bridgehead atoms. The van der Waals surface area contributed by atoms with Crippen LogP contribution >= 0.6 is 0 Å². The SMILES string of the molecule is COC(C)(OC)c1ccccc1OC(=O)c1ccccc1O. The minimum atomic E-state index is -1.05. The summed E-state index contributed by atoms with van der Waals surface area (Å²) in [5.41, 5.74) is 0.664. The molecular formula is C17H18O5. The average Bonchev–Trinajstić information content (AvgIpc) is 2.55. The second-order valence-electron chi connectivity index (χ2n) is 4.76. The number of methoxy groups -OCH3 is 2. The molecule has 2 aromatic rings. The molecule has 0 aliphatic rings. The van der Waals surface area contributed by atoms with Gasteiger partial charge in [-0.25, -0.2) is 4.79 Å². The highest BCUT2D eigenvalue weighted by molar-refractivity contribution is 5.93. The minimum absolute atomic E-state index is 0.0915. The Labute approximate surface area is 129 Å². The van der Waals surface area contributed by atoms with Crippen LogP contribution in [-0.2, 0) is 15.3 Å². The Hall–Kier alpha value is -2.37. The predicted octanol–water partition coefficient (Wildman–Crippen LogP) is 3.08. The summed E-state index contributed by atoms with van der Waals surface area (Å²) < 4.78 is 16.1. The van der Waals surface area contributed by atoms with E-state index in [-0.39, 0.29) is 11.3 Å². The van der Waals surface area contributed by atoms with Crippen molar-refractivity contribution in [2.75, 3.05) is 14.2 Å². The molecule has 0 heterocycles. The van der Waals surface area contributed by atoms with Gasteiger partial charge in [-0.05, 0) is 31.2 Å². The van der Waals surface area contributed by atoms with E-state index >= 15 is 0 Å². The number of rotatable bonds is 5. The van der Waals surface area contributed by atoms with Crippen molar-refractivity contribution in [2.45, 2.75) is 12.7 Å². The molecule has 0 spiro atoms. The van der Waals surface area contributed by atoms with E-state index < -0.39 is 11.8 Å². The summed E-state index contributed by atoms with van der Waals surface area (Å²) in [6.45, 7) is 1.72. The van der Waals surface area contributed by atoms with Crippen molar-refractivity contribution in [1.29, 1.82) is 0 Å². The maximum Gasteiger partial charge on any atom is 0.347 e. The monoisotopic (exact) mass is 302 g/mol. The van der Waals surface area contributed by atoms with Crippen LogP contribution in [0.4, 0.5) is 0 Å². The van der Waals surface area contributed by atoms with Gasteiger partial charge in [0.1, 0.15) is 17.1 Å². The Morgan fingerprint density at radius 1 is 1.00 bits per heavy atom. The lowest BCUT2D eigenvalue weighted by molar-refractivity contribution is -0.202. The maximum absolute atomic E-state index is 12.2. The molecular weight excluding hydrogens is 284 g/mol. The van der Waals surface area contributed by atoms with Gasteiger partial charge in [0.25, 0.3) is 0 Å². The van der Waals surface area contributed by atoms with Crippen LogP contribution < -0.4 is 4.74 Å². The molecule has 1 N–H and O–H groups in total.